The lowest BCUT2D eigenvalue weighted by Gasteiger charge is -2.32. The number of halogens is 3. The highest BCUT2D eigenvalue weighted by molar-refractivity contribution is 7.92. The first-order valence-corrected chi connectivity index (χ1v) is 15.0. The van der Waals surface area contributed by atoms with Crippen LogP contribution >= 0.6 is 11.6 Å². The molecule has 0 heterocycles. The van der Waals surface area contributed by atoms with Crippen LogP contribution in [0.3, 0.4) is 0 Å². The number of nitrogens with zero attached hydrogens (tertiary/aromatic N) is 2. The number of nitrogens with one attached hydrogen (secondary N) is 1. The second-order valence-electron chi connectivity index (χ2n) is 9.25. The van der Waals surface area contributed by atoms with Crippen molar-refractivity contribution < 1.29 is 26.8 Å². The summed E-state index contributed by atoms with van der Waals surface area (Å²) in [7, 11) is -3.86. The minimum absolute atomic E-state index is 0.0500. The van der Waals surface area contributed by atoms with E-state index in [1.165, 1.54) is 4.90 Å². The van der Waals surface area contributed by atoms with E-state index in [-0.39, 0.29) is 49.9 Å². The van der Waals surface area contributed by atoms with Crippen molar-refractivity contribution in [3.8, 4) is 0 Å². The summed E-state index contributed by atoms with van der Waals surface area (Å²) in [5.74, 6) is -2.99. The molecule has 0 saturated heterocycles. The van der Waals surface area contributed by atoms with E-state index in [1.807, 2.05) is 30.3 Å². The molecule has 3 aromatic rings. The number of hydrogen-bond donors (Lipinski definition) is 1. The fraction of sp³-hybridized carbons (Fsp3) is 0.310. The largest absolute Gasteiger partial charge is 0.355 e. The number of anilines is 1. The molecule has 2 amide bonds. The third kappa shape index (κ3) is 8.50. The molecule has 1 atom stereocenters. The standard InChI is InChI=1S/C29H32ClF2N3O4S/c1-3-33-29(37)27(18-21-10-5-4-6-11-21)34(20-22-12-7-8-13-24(22)30)28(36)14-9-17-35(40(2,38)39)23-15-16-25(31)26(32)19-23/h4-8,10-13,15-16,19,27H,3,9,14,17-18,20H2,1-2H3,(H,33,37)/t27-/m0/s1. The minimum Gasteiger partial charge on any atom is -0.355 e. The number of carbonyl (C=O) groups is 2. The van der Waals surface area contributed by atoms with Gasteiger partial charge in [0, 0.05) is 43.6 Å². The Morgan fingerprint density at radius 1 is 0.975 bits per heavy atom. The number of likely N-dealkylation sites (N-methyl/N-ethyl adjacent to an activating group) is 1. The van der Waals surface area contributed by atoms with Crippen LogP contribution in [0.15, 0.2) is 72.8 Å². The quantitative estimate of drug-likeness (QED) is 0.305. The van der Waals surface area contributed by atoms with E-state index in [0.29, 0.717) is 17.1 Å². The zero-order valence-corrected chi connectivity index (χ0v) is 23.9. The Morgan fingerprint density at radius 2 is 1.65 bits per heavy atom. The van der Waals surface area contributed by atoms with E-state index < -0.39 is 27.7 Å². The topological polar surface area (TPSA) is 86.8 Å². The van der Waals surface area contributed by atoms with Crippen LogP contribution < -0.4 is 9.62 Å². The lowest BCUT2D eigenvalue weighted by atomic mass is 10.0. The number of amides is 2. The summed E-state index contributed by atoms with van der Waals surface area (Å²) >= 11 is 6.40. The summed E-state index contributed by atoms with van der Waals surface area (Å²) in [5, 5.41) is 3.25. The van der Waals surface area contributed by atoms with Crippen molar-refractivity contribution in [3.05, 3.63) is 101 Å². The lowest BCUT2D eigenvalue weighted by molar-refractivity contribution is -0.141. The summed E-state index contributed by atoms with van der Waals surface area (Å²) in [4.78, 5) is 28.4. The second kappa shape index (κ2) is 14.2. The van der Waals surface area contributed by atoms with Crippen LogP contribution in [0.5, 0.6) is 0 Å². The van der Waals surface area contributed by atoms with E-state index in [1.54, 1.807) is 31.2 Å². The summed E-state index contributed by atoms with van der Waals surface area (Å²) in [6.45, 7) is 2.07. The summed E-state index contributed by atoms with van der Waals surface area (Å²) < 4.78 is 53.0. The molecule has 40 heavy (non-hydrogen) atoms. The van der Waals surface area contributed by atoms with Gasteiger partial charge in [0.1, 0.15) is 6.04 Å². The average molecular weight is 592 g/mol. The Hall–Kier alpha value is -3.50. The van der Waals surface area contributed by atoms with Gasteiger partial charge in [-0.1, -0.05) is 60.1 Å². The van der Waals surface area contributed by atoms with Gasteiger partial charge >= 0.3 is 0 Å². The van der Waals surface area contributed by atoms with Crippen LogP contribution in [-0.4, -0.2) is 50.5 Å². The molecular weight excluding hydrogens is 560 g/mol. The summed E-state index contributed by atoms with van der Waals surface area (Å²) in [6, 6.07) is 18.3. The summed E-state index contributed by atoms with van der Waals surface area (Å²) in [6.07, 6.45) is 1.17. The van der Waals surface area contributed by atoms with Crippen molar-refractivity contribution in [1.82, 2.24) is 10.2 Å². The van der Waals surface area contributed by atoms with Gasteiger partial charge in [-0.05, 0) is 42.7 Å². The number of benzene rings is 3. The van der Waals surface area contributed by atoms with Crippen molar-refractivity contribution in [1.29, 1.82) is 0 Å². The highest BCUT2D eigenvalue weighted by Gasteiger charge is 2.30. The van der Waals surface area contributed by atoms with E-state index in [2.05, 4.69) is 5.32 Å². The number of sulfonamides is 1. The maximum atomic E-state index is 13.8. The molecule has 0 saturated carbocycles. The van der Waals surface area contributed by atoms with E-state index in [4.69, 9.17) is 11.6 Å². The molecule has 0 spiro atoms. The molecule has 0 aliphatic heterocycles. The summed E-state index contributed by atoms with van der Waals surface area (Å²) in [5.41, 5.74) is 1.46. The van der Waals surface area contributed by atoms with Crippen molar-refractivity contribution in [2.75, 3.05) is 23.7 Å². The molecular formula is C29H32ClF2N3O4S. The van der Waals surface area contributed by atoms with Gasteiger partial charge in [0.2, 0.25) is 21.8 Å². The SMILES string of the molecule is CCNC(=O)[C@H](Cc1ccccc1)N(Cc1ccccc1Cl)C(=O)CCCN(c1ccc(F)c(F)c1)S(C)(=O)=O. The Morgan fingerprint density at radius 3 is 2.27 bits per heavy atom. The van der Waals surface area contributed by atoms with Crippen LogP contribution in [0, 0.1) is 11.6 Å². The van der Waals surface area contributed by atoms with Crippen LogP contribution in [-0.2, 0) is 32.6 Å². The smallest absolute Gasteiger partial charge is 0.243 e. The third-order valence-electron chi connectivity index (χ3n) is 6.26. The zero-order chi connectivity index (χ0) is 29.3. The van der Waals surface area contributed by atoms with Crippen LogP contribution in [0.25, 0.3) is 0 Å². The minimum atomic E-state index is -3.86. The predicted molar refractivity (Wildman–Crippen MR) is 152 cm³/mol. The number of hydrogen-bond acceptors (Lipinski definition) is 4. The molecule has 7 nitrogen and oxygen atoms in total. The molecule has 214 valence electrons. The molecule has 0 bridgehead atoms. The van der Waals surface area contributed by atoms with Gasteiger partial charge < -0.3 is 10.2 Å². The molecule has 0 aromatic heterocycles. The fourth-order valence-corrected chi connectivity index (χ4v) is 5.45. The highest BCUT2D eigenvalue weighted by atomic mass is 35.5. The van der Waals surface area contributed by atoms with Gasteiger partial charge in [-0.3, -0.25) is 13.9 Å². The van der Waals surface area contributed by atoms with Crippen LogP contribution in [0.1, 0.15) is 30.9 Å². The van der Waals surface area contributed by atoms with E-state index in [9.17, 15) is 26.8 Å². The van der Waals surface area contributed by atoms with Gasteiger partial charge in [-0.2, -0.15) is 0 Å². The number of rotatable bonds is 13. The fourth-order valence-electron chi connectivity index (χ4n) is 4.30. The first-order chi connectivity index (χ1) is 19.0. The first kappa shape index (κ1) is 31.0. The molecule has 0 unspecified atom stereocenters. The van der Waals surface area contributed by atoms with Crippen molar-refractivity contribution in [2.45, 2.75) is 38.8 Å². The van der Waals surface area contributed by atoms with Gasteiger partial charge in [0.05, 0.1) is 11.9 Å². The molecule has 0 aliphatic carbocycles. The molecule has 0 fully saturated rings. The molecule has 1 N–H and O–H groups in total. The normalized spacial score (nSPS) is 12.0. The molecule has 3 rings (SSSR count). The maximum Gasteiger partial charge on any atom is 0.243 e. The Balaban J connectivity index is 1.87. The van der Waals surface area contributed by atoms with E-state index >= 15 is 0 Å². The zero-order valence-electron chi connectivity index (χ0n) is 22.3. The Bertz CT molecular complexity index is 1420. The van der Waals surface area contributed by atoms with Gasteiger partial charge in [0.25, 0.3) is 0 Å². The lowest BCUT2D eigenvalue weighted by Crippen LogP contribution is -2.50. The Labute approximate surface area is 238 Å². The van der Waals surface area contributed by atoms with Crippen molar-refractivity contribution >= 4 is 39.1 Å². The predicted octanol–water partition coefficient (Wildman–Crippen LogP) is 4.94. The maximum absolute atomic E-state index is 13.8. The van der Waals surface area contributed by atoms with Crippen LogP contribution in [0.4, 0.5) is 14.5 Å². The van der Waals surface area contributed by atoms with Gasteiger partial charge in [0.15, 0.2) is 11.6 Å². The van der Waals surface area contributed by atoms with E-state index in [0.717, 1.165) is 34.3 Å². The second-order valence-corrected chi connectivity index (χ2v) is 11.6. The first-order valence-electron chi connectivity index (χ1n) is 12.8. The molecule has 0 aliphatic rings. The molecule has 11 heteroatoms. The van der Waals surface area contributed by atoms with Crippen LogP contribution in [0.2, 0.25) is 5.02 Å². The Kier molecular flexibility index (Phi) is 11.0. The average Bonchev–Trinajstić information content (AvgIpc) is 2.91. The third-order valence-corrected chi connectivity index (χ3v) is 7.83. The number of carbonyl (C=O) groups excluding carboxylic acids is 2. The van der Waals surface area contributed by atoms with Crippen molar-refractivity contribution in [3.63, 3.8) is 0 Å². The van der Waals surface area contributed by atoms with Gasteiger partial charge in [-0.15, -0.1) is 0 Å². The van der Waals surface area contributed by atoms with Crippen molar-refractivity contribution in [2.24, 2.45) is 0 Å². The van der Waals surface area contributed by atoms with Gasteiger partial charge in [-0.25, -0.2) is 17.2 Å². The highest BCUT2D eigenvalue weighted by Crippen LogP contribution is 2.23. The molecule has 3 aromatic carbocycles. The monoisotopic (exact) mass is 591 g/mol. The molecule has 0 radical (unpaired) electrons.